The largest absolute Gasteiger partial charge is 0.369 e. The first-order valence-electron chi connectivity index (χ1n) is 7.02. The summed E-state index contributed by atoms with van der Waals surface area (Å²) in [6.07, 6.45) is 1.80. The second-order valence-electron chi connectivity index (χ2n) is 5.41. The molecule has 1 saturated heterocycles. The number of anilines is 1. The number of piperidine rings is 1. The Labute approximate surface area is 119 Å². The zero-order valence-electron chi connectivity index (χ0n) is 11.8. The van der Waals surface area contributed by atoms with Crippen LogP contribution in [0.2, 0.25) is 0 Å². The smallest absolute Gasteiger partial charge is 0.281 e. The second kappa shape index (κ2) is 6.52. The number of primary amides is 1. The van der Waals surface area contributed by atoms with E-state index in [1.54, 1.807) is 11.9 Å². The molecule has 1 unspecified atom stereocenters. The van der Waals surface area contributed by atoms with Crippen molar-refractivity contribution in [1.82, 2.24) is 0 Å². The molecular formula is C15H22N3O2+. The van der Waals surface area contributed by atoms with Crippen LogP contribution in [-0.4, -0.2) is 38.5 Å². The maximum absolute atomic E-state index is 12.3. The lowest BCUT2D eigenvalue weighted by atomic mass is 9.97. The van der Waals surface area contributed by atoms with Crippen LogP contribution in [0.15, 0.2) is 30.3 Å². The highest BCUT2D eigenvalue weighted by atomic mass is 16.2. The molecule has 0 spiro atoms. The molecule has 5 heteroatoms. The maximum atomic E-state index is 12.3. The quantitative estimate of drug-likeness (QED) is 0.773. The molecule has 20 heavy (non-hydrogen) atoms. The van der Waals surface area contributed by atoms with Gasteiger partial charge < -0.3 is 15.5 Å². The number of likely N-dealkylation sites (N-methyl/N-ethyl adjacent to an activating group) is 1. The zero-order chi connectivity index (χ0) is 14.5. The molecule has 0 saturated carbocycles. The van der Waals surface area contributed by atoms with Crippen LogP contribution in [-0.2, 0) is 9.59 Å². The number of likely N-dealkylation sites (tertiary alicyclic amines) is 1. The molecule has 2 rings (SSSR count). The van der Waals surface area contributed by atoms with Crippen molar-refractivity contribution in [2.75, 3.05) is 31.6 Å². The minimum atomic E-state index is -0.244. The Hall–Kier alpha value is -1.88. The highest BCUT2D eigenvalue weighted by Crippen LogP contribution is 2.11. The summed E-state index contributed by atoms with van der Waals surface area (Å²) in [6.45, 7) is 2.01. The molecule has 1 heterocycles. The fourth-order valence-corrected chi connectivity index (χ4v) is 2.68. The van der Waals surface area contributed by atoms with Gasteiger partial charge in [0.05, 0.1) is 19.0 Å². The molecule has 1 fully saturated rings. The van der Waals surface area contributed by atoms with E-state index in [0.29, 0.717) is 13.1 Å². The summed E-state index contributed by atoms with van der Waals surface area (Å²) in [4.78, 5) is 26.3. The van der Waals surface area contributed by atoms with Crippen molar-refractivity contribution in [2.24, 2.45) is 11.7 Å². The Balaban J connectivity index is 1.92. The number of amides is 2. The van der Waals surface area contributed by atoms with Crippen molar-refractivity contribution in [1.29, 1.82) is 0 Å². The minimum absolute atomic E-state index is 0.0660. The lowest BCUT2D eigenvalue weighted by Crippen LogP contribution is -3.15. The maximum Gasteiger partial charge on any atom is 0.281 e. The number of nitrogens with zero attached hydrogens (tertiary/aromatic N) is 1. The Bertz CT molecular complexity index is 475. The van der Waals surface area contributed by atoms with Gasteiger partial charge in [-0.15, -0.1) is 0 Å². The predicted molar refractivity (Wildman–Crippen MR) is 77.3 cm³/mol. The number of para-hydroxylation sites is 1. The number of nitrogens with one attached hydrogen (secondary N) is 1. The van der Waals surface area contributed by atoms with E-state index >= 15 is 0 Å². The molecule has 3 N–H and O–H groups in total. The number of quaternary nitrogens is 1. The molecule has 1 aromatic rings. The van der Waals surface area contributed by atoms with Crippen LogP contribution < -0.4 is 15.5 Å². The van der Waals surface area contributed by atoms with Gasteiger partial charge in [0.15, 0.2) is 6.54 Å². The molecule has 0 aliphatic carbocycles. The molecule has 0 aromatic heterocycles. The molecule has 2 atom stereocenters. The van der Waals surface area contributed by atoms with Gasteiger partial charge in [-0.3, -0.25) is 9.59 Å². The van der Waals surface area contributed by atoms with Gasteiger partial charge >= 0.3 is 0 Å². The normalized spacial score (nSPS) is 22.2. The Morgan fingerprint density at radius 3 is 2.70 bits per heavy atom. The van der Waals surface area contributed by atoms with E-state index in [2.05, 4.69) is 0 Å². The van der Waals surface area contributed by atoms with Crippen LogP contribution in [0.4, 0.5) is 5.69 Å². The van der Waals surface area contributed by atoms with Crippen LogP contribution in [0.25, 0.3) is 0 Å². The number of carbonyl (C=O) groups excluding carboxylic acids is 2. The summed E-state index contributed by atoms with van der Waals surface area (Å²) in [5, 5.41) is 0. The van der Waals surface area contributed by atoms with E-state index < -0.39 is 0 Å². The second-order valence-corrected chi connectivity index (χ2v) is 5.41. The van der Waals surface area contributed by atoms with Gasteiger partial charge in [-0.25, -0.2) is 0 Å². The summed E-state index contributed by atoms with van der Waals surface area (Å²) in [7, 11) is 1.78. The minimum Gasteiger partial charge on any atom is -0.369 e. The first-order valence-corrected chi connectivity index (χ1v) is 7.02. The van der Waals surface area contributed by atoms with Crippen molar-refractivity contribution in [3.05, 3.63) is 30.3 Å². The average molecular weight is 276 g/mol. The number of hydrogen-bond acceptors (Lipinski definition) is 2. The summed E-state index contributed by atoms with van der Waals surface area (Å²) >= 11 is 0. The molecule has 0 radical (unpaired) electrons. The zero-order valence-corrected chi connectivity index (χ0v) is 11.8. The van der Waals surface area contributed by atoms with Gasteiger partial charge in [0.1, 0.15) is 0 Å². The Kier molecular flexibility index (Phi) is 4.74. The van der Waals surface area contributed by atoms with E-state index in [4.69, 9.17) is 5.73 Å². The van der Waals surface area contributed by atoms with Crippen LogP contribution >= 0.6 is 0 Å². The topological polar surface area (TPSA) is 67.8 Å². The van der Waals surface area contributed by atoms with E-state index in [-0.39, 0.29) is 17.7 Å². The fourth-order valence-electron chi connectivity index (χ4n) is 2.68. The summed E-state index contributed by atoms with van der Waals surface area (Å²) in [5.74, 6) is -0.268. The first-order chi connectivity index (χ1) is 9.58. The molecule has 0 bridgehead atoms. The average Bonchev–Trinajstić information content (AvgIpc) is 2.47. The fraction of sp³-hybridized carbons (Fsp3) is 0.467. The van der Waals surface area contributed by atoms with E-state index in [1.807, 2.05) is 30.3 Å². The van der Waals surface area contributed by atoms with Gasteiger partial charge in [0.25, 0.3) is 5.91 Å². The molecule has 1 aliphatic heterocycles. The van der Waals surface area contributed by atoms with Gasteiger partial charge in [0, 0.05) is 12.7 Å². The van der Waals surface area contributed by atoms with Crippen molar-refractivity contribution >= 4 is 17.5 Å². The Morgan fingerprint density at radius 2 is 2.05 bits per heavy atom. The van der Waals surface area contributed by atoms with Crippen LogP contribution in [0.1, 0.15) is 12.8 Å². The van der Waals surface area contributed by atoms with Crippen molar-refractivity contribution < 1.29 is 14.5 Å². The summed E-state index contributed by atoms with van der Waals surface area (Å²) < 4.78 is 0. The predicted octanol–water partition coefficient (Wildman–Crippen LogP) is -0.570. The van der Waals surface area contributed by atoms with E-state index in [1.165, 1.54) is 0 Å². The summed E-state index contributed by atoms with van der Waals surface area (Å²) in [5.41, 5.74) is 6.25. The van der Waals surface area contributed by atoms with E-state index in [0.717, 1.165) is 30.0 Å². The number of benzene rings is 1. The van der Waals surface area contributed by atoms with Gasteiger partial charge in [0.2, 0.25) is 5.91 Å². The molecule has 1 aliphatic rings. The molecule has 5 nitrogen and oxygen atoms in total. The van der Waals surface area contributed by atoms with Crippen molar-refractivity contribution in [3.8, 4) is 0 Å². The number of carbonyl (C=O) groups is 2. The lowest BCUT2D eigenvalue weighted by Gasteiger charge is -2.29. The summed E-state index contributed by atoms with van der Waals surface area (Å²) in [6, 6.07) is 9.58. The van der Waals surface area contributed by atoms with Crippen LogP contribution in [0, 0.1) is 5.92 Å². The monoisotopic (exact) mass is 276 g/mol. The van der Waals surface area contributed by atoms with Crippen LogP contribution in [0.5, 0.6) is 0 Å². The molecule has 108 valence electrons. The van der Waals surface area contributed by atoms with Crippen LogP contribution in [0.3, 0.4) is 0 Å². The third-order valence-electron chi connectivity index (χ3n) is 3.94. The van der Waals surface area contributed by atoms with Gasteiger partial charge in [-0.1, -0.05) is 18.2 Å². The number of nitrogens with two attached hydrogens (primary N) is 1. The highest BCUT2D eigenvalue weighted by molar-refractivity contribution is 5.93. The first kappa shape index (κ1) is 14.5. The number of hydrogen-bond donors (Lipinski definition) is 2. The number of rotatable bonds is 4. The van der Waals surface area contributed by atoms with E-state index in [9.17, 15) is 9.59 Å². The molecular weight excluding hydrogens is 254 g/mol. The highest BCUT2D eigenvalue weighted by Gasteiger charge is 2.29. The standard InChI is InChI=1S/C15H21N3O2/c1-17(13-7-3-2-4-8-13)14(19)11-18-9-5-6-12(10-18)15(16)20/h2-4,7-8,12H,5-6,9-11H2,1H3,(H2,16,20)/p+1/t12-/m1/s1. The van der Waals surface area contributed by atoms with Gasteiger partial charge in [-0.05, 0) is 25.0 Å². The lowest BCUT2D eigenvalue weighted by molar-refractivity contribution is -0.899. The Morgan fingerprint density at radius 1 is 1.35 bits per heavy atom. The SMILES string of the molecule is CN(C(=O)C[NH+]1CCC[C@@H](C(N)=O)C1)c1ccccc1. The third-order valence-corrected chi connectivity index (χ3v) is 3.94. The molecule has 1 aromatic carbocycles. The van der Waals surface area contributed by atoms with Crippen molar-refractivity contribution in [3.63, 3.8) is 0 Å². The van der Waals surface area contributed by atoms with Gasteiger partial charge in [-0.2, -0.15) is 0 Å². The van der Waals surface area contributed by atoms with Crippen molar-refractivity contribution in [2.45, 2.75) is 12.8 Å². The third kappa shape index (κ3) is 3.57. The molecule has 2 amide bonds.